The van der Waals surface area contributed by atoms with E-state index in [1.807, 2.05) is 0 Å². The summed E-state index contributed by atoms with van der Waals surface area (Å²) in [7, 11) is -3.49. The van der Waals surface area contributed by atoms with Gasteiger partial charge in [0.05, 0.1) is 0 Å². The van der Waals surface area contributed by atoms with Gasteiger partial charge in [0.15, 0.2) is 0 Å². The Labute approximate surface area is 112 Å². The number of fused-ring (bicyclic) bond motifs is 1. The van der Waals surface area contributed by atoms with E-state index < -0.39 is 10.0 Å². The Morgan fingerprint density at radius 3 is 2.89 bits per heavy atom. The first-order valence-electron chi connectivity index (χ1n) is 6.29. The van der Waals surface area contributed by atoms with Crippen LogP contribution in [0.3, 0.4) is 0 Å². The average molecular weight is 281 g/mol. The highest BCUT2D eigenvalue weighted by Crippen LogP contribution is 2.26. The highest BCUT2D eigenvalue weighted by atomic mass is 32.2. The molecule has 3 heterocycles. The normalized spacial score (nSPS) is 24.5. The summed E-state index contributed by atoms with van der Waals surface area (Å²) in [4.78, 5) is 17.5. The van der Waals surface area contributed by atoms with E-state index in [4.69, 9.17) is 0 Å². The molecule has 19 heavy (non-hydrogen) atoms. The second kappa shape index (κ2) is 4.57. The van der Waals surface area contributed by atoms with E-state index in [-0.39, 0.29) is 16.8 Å². The second-order valence-electron chi connectivity index (χ2n) is 4.83. The molecule has 0 radical (unpaired) electrons. The molecule has 2 aliphatic rings. The Kier molecular flexibility index (Phi) is 3.02. The topological polar surface area (TPSA) is 70.6 Å². The Hall–Kier alpha value is -1.47. The van der Waals surface area contributed by atoms with Gasteiger partial charge in [0, 0.05) is 44.5 Å². The Morgan fingerprint density at radius 2 is 2.16 bits per heavy atom. The summed E-state index contributed by atoms with van der Waals surface area (Å²) in [5.74, 6) is 0.142. The maximum absolute atomic E-state index is 12.4. The van der Waals surface area contributed by atoms with Crippen LogP contribution in [-0.2, 0) is 14.8 Å². The zero-order valence-electron chi connectivity index (χ0n) is 10.4. The van der Waals surface area contributed by atoms with E-state index in [0.717, 1.165) is 6.42 Å². The molecule has 0 N–H and O–H groups in total. The van der Waals surface area contributed by atoms with Crippen molar-refractivity contribution in [1.82, 2.24) is 14.2 Å². The van der Waals surface area contributed by atoms with E-state index in [9.17, 15) is 13.2 Å². The number of sulfonamides is 1. The lowest BCUT2D eigenvalue weighted by Crippen LogP contribution is -2.53. The maximum Gasteiger partial charge on any atom is 0.244 e. The first-order chi connectivity index (χ1) is 9.09. The number of hydrogen-bond acceptors (Lipinski definition) is 4. The van der Waals surface area contributed by atoms with Gasteiger partial charge in [-0.15, -0.1) is 0 Å². The van der Waals surface area contributed by atoms with Crippen molar-refractivity contribution >= 4 is 15.9 Å². The van der Waals surface area contributed by atoms with Gasteiger partial charge in [0.25, 0.3) is 0 Å². The Bertz CT molecular complexity index is 587. The summed E-state index contributed by atoms with van der Waals surface area (Å²) in [6.45, 7) is 1.24. The van der Waals surface area contributed by atoms with Crippen molar-refractivity contribution in [1.29, 1.82) is 0 Å². The van der Waals surface area contributed by atoms with Crippen molar-refractivity contribution in [2.24, 2.45) is 0 Å². The van der Waals surface area contributed by atoms with Gasteiger partial charge < -0.3 is 4.90 Å². The van der Waals surface area contributed by atoms with Gasteiger partial charge in [0.2, 0.25) is 15.9 Å². The van der Waals surface area contributed by atoms with Crippen LogP contribution in [0.25, 0.3) is 0 Å². The Balaban J connectivity index is 1.83. The number of rotatable bonds is 2. The standard InChI is InChI=1S/C12H15N3O3S/c16-12-4-3-10-9-14(6-7-15(10)12)19(17,18)11-2-1-5-13-8-11/h1-2,5,8,10H,3-4,6-7,9H2/t10-/m1/s1. The van der Waals surface area contributed by atoms with Crippen LogP contribution in [0.1, 0.15) is 12.8 Å². The molecule has 6 nitrogen and oxygen atoms in total. The fourth-order valence-corrected chi connectivity index (χ4v) is 4.14. The second-order valence-corrected chi connectivity index (χ2v) is 6.77. The van der Waals surface area contributed by atoms with E-state index in [0.29, 0.717) is 26.1 Å². The molecule has 0 aromatic carbocycles. The van der Waals surface area contributed by atoms with Crippen LogP contribution in [0, 0.1) is 0 Å². The lowest BCUT2D eigenvalue weighted by atomic mass is 10.2. The molecule has 0 spiro atoms. The molecule has 1 aromatic rings. The minimum absolute atomic E-state index is 0.0349. The first kappa shape index (κ1) is 12.6. The van der Waals surface area contributed by atoms with Gasteiger partial charge >= 0.3 is 0 Å². The van der Waals surface area contributed by atoms with Crippen LogP contribution in [-0.4, -0.2) is 54.2 Å². The number of aromatic nitrogens is 1. The number of pyridine rings is 1. The molecule has 0 unspecified atom stereocenters. The van der Waals surface area contributed by atoms with Crippen LogP contribution in [0.15, 0.2) is 29.4 Å². The number of carbonyl (C=O) groups excluding carboxylic acids is 1. The molecular weight excluding hydrogens is 266 g/mol. The molecule has 2 fully saturated rings. The fraction of sp³-hybridized carbons (Fsp3) is 0.500. The highest BCUT2D eigenvalue weighted by Gasteiger charge is 2.39. The number of amides is 1. The number of nitrogens with zero attached hydrogens (tertiary/aromatic N) is 3. The SMILES string of the molecule is O=C1CC[C@@H]2CN(S(=O)(=O)c3cccnc3)CCN12. The molecule has 1 atom stereocenters. The third-order valence-corrected chi connectivity index (χ3v) is 5.58. The summed E-state index contributed by atoms with van der Waals surface area (Å²) < 4.78 is 26.3. The highest BCUT2D eigenvalue weighted by molar-refractivity contribution is 7.89. The van der Waals surface area contributed by atoms with Crippen LogP contribution < -0.4 is 0 Å². The molecule has 0 aliphatic carbocycles. The molecule has 7 heteroatoms. The predicted molar refractivity (Wildman–Crippen MR) is 67.7 cm³/mol. The first-order valence-corrected chi connectivity index (χ1v) is 7.73. The Morgan fingerprint density at radius 1 is 1.32 bits per heavy atom. The van der Waals surface area contributed by atoms with E-state index in [2.05, 4.69) is 4.98 Å². The molecule has 0 saturated carbocycles. The van der Waals surface area contributed by atoms with Crippen LogP contribution in [0.2, 0.25) is 0 Å². The summed E-state index contributed by atoms with van der Waals surface area (Å²) in [5, 5.41) is 0. The fourth-order valence-electron chi connectivity index (χ4n) is 2.70. The van der Waals surface area contributed by atoms with E-state index in [1.165, 1.54) is 10.5 Å². The van der Waals surface area contributed by atoms with Crippen LogP contribution in [0.5, 0.6) is 0 Å². The van der Waals surface area contributed by atoms with Crippen molar-refractivity contribution in [3.63, 3.8) is 0 Å². The van der Waals surface area contributed by atoms with Crippen LogP contribution >= 0.6 is 0 Å². The van der Waals surface area contributed by atoms with Crippen molar-refractivity contribution < 1.29 is 13.2 Å². The predicted octanol–water partition coefficient (Wildman–Crippen LogP) is 0.0769. The number of carbonyl (C=O) groups is 1. The molecule has 1 aromatic heterocycles. The van der Waals surface area contributed by atoms with Gasteiger partial charge in [0.1, 0.15) is 4.90 Å². The molecule has 102 valence electrons. The maximum atomic E-state index is 12.4. The van der Waals surface area contributed by atoms with Crippen molar-refractivity contribution in [2.45, 2.75) is 23.8 Å². The average Bonchev–Trinajstić information content (AvgIpc) is 2.81. The lowest BCUT2D eigenvalue weighted by molar-refractivity contribution is -0.130. The number of hydrogen-bond donors (Lipinski definition) is 0. The summed E-state index contributed by atoms with van der Waals surface area (Å²) in [6.07, 6.45) is 4.19. The minimum atomic E-state index is -3.49. The summed E-state index contributed by atoms with van der Waals surface area (Å²) in [6, 6.07) is 3.20. The van der Waals surface area contributed by atoms with Crippen LogP contribution in [0.4, 0.5) is 0 Å². The van der Waals surface area contributed by atoms with Gasteiger partial charge in [-0.3, -0.25) is 9.78 Å². The quantitative estimate of drug-likeness (QED) is 0.769. The molecule has 2 saturated heterocycles. The molecule has 3 rings (SSSR count). The summed E-state index contributed by atoms with van der Waals surface area (Å²) in [5.41, 5.74) is 0. The lowest BCUT2D eigenvalue weighted by Gasteiger charge is -2.36. The van der Waals surface area contributed by atoms with E-state index >= 15 is 0 Å². The van der Waals surface area contributed by atoms with Crippen molar-refractivity contribution in [3.05, 3.63) is 24.5 Å². The summed E-state index contributed by atoms with van der Waals surface area (Å²) >= 11 is 0. The number of piperazine rings is 1. The van der Waals surface area contributed by atoms with E-state index in [1.54, 1.807) is 23.2 Å². The van der Waals surface area contributed by atoms with Crippen molar-refractivity contribution in [3.8, 4) is 0 Å². The largest absolute Gasteiger partial charge is 0.337 e. The monoisotopic (exact) mass is 281 g/mol. The van der Waals surface area contributed by atoms with Gasteiger partial charge in [-0.2, -0.15) is 4.31 Å². The molecular formula is C12H15N3O3S. The molecule has 2 aliphatic heterocycles. The minimum Gasteiger partial charge on any atom is -0.337 e. The third-order valence-electron chi connectivity index (χ3n) is 3.73. The zero-order valence-corrected chi connectivity index (χ0v) is 11.2. The van der Waals surface area contributed by atoms with Gasteiger partial charge in [-0.1, -0.05) is 0 Å². The smallest absolute Gasteiger partial charge is 0.244 e. The molecule has 1 amide bonds. The zero-order chi connectivity index (χ0) is 13.5. The van der Waals surface area contributed by atoms with Crippen molar-refractivity contribution in [2.75, 3.05) is 19.6 Å². The van der Waals surface area contributed by atoms with Gasteiger partial charge in [-0.25, -0.2) is 8.42 Å². The van der Waals surface area contributed by atoms with Gasteiger partial charge in [-0.05, 0) is 18.6 Å². The third kappa shape index (κ3) is 2.12. The molecule has 0 bridgehead atoms.